The summed E-state index contributed by atoms with van der Waals surface area (Å²) in [5.74, 6) is 0. The third-order valence-electron chi connectivity index (χ3n) is 2.41. The highest BCUT2D eigenvalue weighted by molar-refractivity contribution is 9.10. The van der Waals surface area contributed by atoms with Crippen LogP contribution in [0.25, 0.3) is 0 Å². The lowest BCUT2D eigenvalue weighted by Crippen LogP contribution is -2.24. The van der Waals surface area contributed by atoms with E-state index >= 15 is 0 Å². The van der Waals surface area contributed by atoms with E-state index in [0.717, 1.165) is 15.7 Å². The number of halogens is 1. The van der Waals surface area contributed by atoms with Crippen molar-refractivity contribution in [3.05, 3.63) is 64.4 Å². The minimum atomic E-state index is -0.453. The standard InChI is InChI=1S/C14H13BrN2O2/c15-12-6-7-16-13(8-12)9-17-14(18)19-10-11-4-2-1-3-5-11/h1-8H,9-10H2,(H,17,18). The van der Waals surface area contributed by atoms with Crippen molar-refractivity contribution >= 4 is 22.0 Å². The summed E-state index contributed by atoms with van der Waals surface area (Å²) in [4.78, 5) is 15.6. The van der Waals surface area contributed by atoms with Crippen LogP contribution in [0.2, 0.25) is 0 Å². The number of hydrogen-bond acceptors (Lipinski definition) is 3. The van der Waals surface area contributed by atoms with Gasteiger partial charge in [0, 0.05) is 10.7 Å². The predicted octanol–water partition coefficient (Wildman–Crippen LogP) is 3.27. The summed E-state index contributed by atoms with van der Waals surface area (Å²) in [6, 6.07) is 13.2. The normalized spacial score (nSPS) is 9.95. The van der Waals surface area contributed by atoms with Crippen molar-refractivity contribution in [2.45, 2.75) is 13.2 Å². The quantitative estimate of drug-likeness (QED) is 0.940. The van der Waals surface area contributed by atoms with Crippen LogP contribution in [-0.4, -0.2) is 11.1 Å². The van der Waals surface area contributed by atoms with Gasteiger partial charge in [-0.05, 0) is 17.7 Å². The molecule has 0 spiro atoms. The van der Waals surface area contributed by atoms with Gasteiger partial charge in [0.2, 0.25) is 0 Å². The highest BCUT2D eigenvalue weighted by Crippen LogP contribution is 2.08. The Hall–Kier alpha value is -1.88. The molecule has 0 saturated carbocycles. The highest BCUT2D eigenvalue weighted by Gasteiger charge is 2.03. The van der Waals surface area contributed by atoms with E-state index in [9.17, 15) is 4.79 Å². The molecule has 1 N–H and O–H groups in total. The largest absolute Gasteiger partial charge is 0.445 e. The van der Waals surface area contributed by atoms with Crippen molar-refractivity contribution in [3.63, 3.8) is 0 Å². The van der Waals surface area contributed by atoms with Gasteiger partial charge in [0.05, 0.1) is 12.2 Å². The van der Waals surface area contributed by atoms with Crippen LogP contribution in [0.1, 0.15) is 11.3 Å². The second kappa shape index (κ2) is 6.89. The first kappa shape index (κ1) is 13.5. The maximum absolute atomic E-state index is 11.5. The smallest absolute Gasteiger partial charge is 0.407 e. The van der Waals surface area contributed by atoms with E-state index in [1.807, 2.05) is 42.5 Å². The molecule has 0 unspecified atom stereocenters. The molecule has 19 heavy (non-hydrogen) atoms. The average molecular weight is 321 g/mol. The summed E-state index contributed by atoms with van der Waals surface area (Å²) in [6.07, 6.45) is 1.22. The van der Waals surface area contributed by atoms with Gasteiger partial charge in [0.1, 0.15) is 6.61 Å². The number of pyridine rings is 1. The Morgan fingerprint density at radius 1 is 1.26 bits per heavy atom. The van der Waals surface area contributed by atoms with Gasteiger partial charge in [0.15, 0.2) is 0 Å². The summed E-state index contributed by atoms with van der Waals surface area (Å²) < 4.78 is 6.02. The van der Waals surface area contributed by atoms with Crippen molar-refractivity contribution in [2.24, 2.45) is 0 Å². The fraction of sp³-hybridized carbons (Fsp3) is 0.143. The summed E-state index contributed by atoms with van der Waals surface area (Å²) in [5, 5.41) is 2.65. The fourth-order valence-electron chi connectivity index (χ4n) is 1.48. The Morgan fingerprint density at radius 2 is 2.05 bits per heavy atom. The first-order valence-corrected chi connectivity index (χ1v) is 6.58. The second-order valence-electron chi connectivity index (χ2n) is 3.88. The second-order valence-corrected chi connectivity index (χ2v) is 4.80. The van der Waals surface area contributed by atoms with Crippen molar-refractivity contribution in [3.8, 4) is 0 Å². The molecule has 0 aliphatic carbocycles. The fourth-order valence-corrected chi connectivity index (χ4v) is 1.86. The lowest BCUT2D eigenvalue weighted by atomic mass is 10.2. The van der Waals surface area contributed by atoms with E-state index in [-0.39, 0.29) is 6.61 Å². The van der Waals surface area contributed by atoms with Crippen molar-refractivity contribution in [1.29, 1.82) is 0 Å². The Morgan fingerprint density at radius 3 is 2.79 bits per heavy atom. The summed E-state index contributed by atoms with van der Waals surface area (Å²) in [7, 11) is 0. The molecular formula is C14H13BrN2O2. The van der Waals surface area contributed by atoms with Gasteiger partial charge in [-0.25, -0.2) is 4.79 Å². The molecule has 2 aromatic rings. The molecule has 0 aliphatic heterocycles. The maximum Gasteiger partial charge on any atom is 0.407 e. The number of alkyl carbamates (subject to hydrolysis) is 1. The SMILES string of the molecule is O=C(NCc1cc(Br)ccn1)OCc1ccccc1. The lowest BCUT2D eigenvalue weighted by molar-refractivity contribution is 0.139. The van der Waals surface area contributed by atoms with Crippen LogP contribution in [0, 0.1) is 0 Å². The van der Waals surface area contributed by atoms with E-state index in [4.69, 9.17) is 4.74 Å². The molecule has 1 heterocycles. The molecule has 0 atom stereocenters. The predicted molar refractivity (Wildman–Crippen MR) is 75.4 cm³/mol. The topological polar surface area (TPSA) is 51.2 Å². The maximum atomic E-state index is 11.5. The van der Waals surface area contributed by atoms with Crippen LogP contribution in [0.4, 0.5) is 4.79 Å². The summed E-state index contributed by atoms with van der Waals surface area (Å²) >= 11 is 3.35. The van der Waals surface area contributed by atoms with E-state index in [2.05, 4.69) is 26.2 Å². The van der Waals surface area contributed by atoms with Gasteiger partial charge in [-0.15, -0.1) is 0 Å². The van der Waals surface area contributed by atoms with Crippen molar-refractivity contribution < 1.29 is 9.53 Å². The van der Waals surface area contributed by atoms with Crippen LogP contribution in [0.3, 0.4) is 0 Å². The molecule has 0 aliphatic rings. The molecule has 1 aromatic heterocycles. The van der Waals surface area contributed by atoms with E-state index in [1.54, 1.807) is 6.20 Å². The van der Waals surface area contributed by atoms with E-state index < -0.39 is 6.09 Å². The minimum Gasteiger partial charge on any atom is -0.445 e. The highest BCUT2D eigenvalue weighted by atomic mass is 79.9. The first-order chi connectivity index (χ1) is 9.24. The van der Waals surface area contributed by atoms with Crippen molar-refractivity contribution in [1.82, 2.24) is 10.3 Å². The number of aromatic nitrogens is 1. The molecule has 4 nitrogen and oxygen atoms in total. The molecular weight excluding hydrogens is 308 g/mol. The van der Waals surface area contributed by atoms with Gasteiger partial charge in [-0.3, -0.25) is 4.98 Å². The van der Waals surface area contributed by atoms with Crippen LogP contribution >= 0.6 is 15.9 Å². The number of amides is 1. The molecule has 0 radical (unpaired) electrons. The van der Waals surface area contributed by atoms with Gasteiger partial charge in [0.25, 0.3) is 0 Å². The average Bonchev–Trinajstić information content (AvgIpc) is 2.44. The minimum absolute atomic E-state index is 0.262. The Bertz CT molecular complexity index is 546. The Labute approximate surface area is 119 Å². The number of nitrogens with one attached hydrogen (secondary N) is 1. The molecule has 0 bridgehead atoms. The molecule has 2 rings (SSSR count). The molecule has 1 amide bonds. The molecule has 98 valence electrons. The number of benzene rings is 1. The molecule has 1 aromatic carbocycles. The Kier molecular flexibility index (Phi) is 4.92. The number of rotatable bonds is 4. The zero-order valence-corrected chi connectivity index (χ0v) is 11.8. The summed E-state index contributed by atoms with van der Waals surface area (Å²) in [5.41, 5.74) is 1.73. The number of ether oxygens (including phenoxy) is 1. The van der Waals surface area contributed by atoms with Crippen LogP contribution in [0.15, 0.2) is 53.1 Å². The number of nitrogens with zero attached hydrogens (tertiary/aromatic N) is 1. The monoisotopic (exact) mass is 320 g/mol. The van der Waals surface area contributed by atoms with Crippen LogP contribution in [0.5, 0.6) is 0 Å². The lowest BCUT2D eigenvalue weighted by Gasteiger charge is -2.06. The molecule has 0 fully saturated rings. The zero-order chi connectivity index (χ0) is 13.5. The van der Waals surface area contributed by atoms with Crippen LogP contribution in [-0.2, 0) is 17.9 Å². The van der Waals surface area contributed by atoms with Crippen molar-refractivity contribution in [2.75, 3.05) is 0 Å². The van der Waals surface area contributed by atoms with Crippen LogP contribution < -0.4 is 5.32 Å². The van der Waals surface area contributed by atoms with Gasteiger partial charge < -0.3 is 10.1 Å². The third kappa shape index (κ3) is 4.71. The van der Waals surface area contributed by atoms with Gasteiger partial charge >= 0.3 is 6.09 Å². The molecule has 0 saturated heterocycles. The molecule has 5 heteroatoms. The number of carbonyl (C=O) groups excluding carboxylic acids is 1. The van der Waals surface area contributed by atoms with Gasteiger partial charge in [-0.1, -0.05) is 46.3 Å². The number of carbonyl (C=O) groups is 1. The zero-order valence-electron chi connectivity index (χ0n) is 10.2. The van der Waals surface area contributed by atoms with E-state index in [0.29, 0.717) is 6.54 Å². The van der Waals surface area contributed by atoms with E-state index in [1.165, 1.54) is 0 Å². The van der Waals surface area contributed by atoms with Gasteiger partial charge in [-0.2, -0.15) is 0 Å². The Balaban J connectivity index is 1.76. The third-order valence-corrected chi connectivity index (χ3v) is 2.90. The first-order valence-electron chi connectivity index (χ1n) is 5.79. The summed E-state index contributed by atoms with van der Waals surface area (Å²) in [6.45, 7) is 0.603. The number of hydrogen-bond donors (Lipinski definition) is 1.